The van der Waals surface area contributed by atoms with Crippen LogP contribution in [0.4, 0.5) is 5.69 Å². The van der Waals surface area contributed by atoms with E-state index in [1.165, 1.54) is 24.3 Å². The number of halogens is 1. The van der Waals surface area contributed by atoms with Crippen molar-refractivity contribution in [3.05, 3.63) is 68.7 Å². The highest BCUT2D eigenvalue weighted by Crippen LogP contribution is 2.26. The van der Waals surface area contributed by atoms with Gasteiger partial charge in [0.1, 0.15) is 17.9 Å². The third kappa shape index (κ3) is 3.49. The molecule has 0 atom stereocenters. The van der Waals surface area contributed by atoms with E-state index in [-0.39, 0.29) is 23.6 Å². The molecule has 0 bridgehead atoms. The summed E-state index contributed by atoms with van der Waals surface area (Å²) in [7, 11) is 0. The van der Waals surface area contributed by atoms with Crippen LogP contribution in [0.3, 0.4) is 0 Å². The van der Waals surface area contributed by atoms with Gasteiger partial charge in [-0.05, 0) is 24.3 Å². The number of carbonyl (C=O) groups is 1. The van der Waals surface area contributed by atoms with Crippen LogP contribution in [0.1, 0.15) is 15.9 Å². The van der Waals surface area contributed by atoms with Gasteiger partial charge in [0.2, 0.25) is 0 Å². The van der Waals surface area contributed by atoms with Crippen molar-refractivity contribution >= 4 is 23.3 Å². The summed E-state index contributed by atoms with van der Waals surface area (Å²) in [6.07, 6.45) is 0. The molecule has 0 unspecified atom stereocenters. The van der Waals surface area contributed by atoms with E-state index in [1.807, 2.05) is 0 Å². The molecule has 0 radical (unpaired) electrons. The number of para-hydroxylation sites is 1. The number of aromatic carboxylic acids is 1. The summed E-state index contributed by atoms with van der Waals surface area (Å²) in [5.41, 5.74) is 0.202. The monoisotopic (exact) mass is 307 g/mol. The number of rotatable bonds is 5. The maximum atomic E-state index is 11.1. The Hall–Kier alpha value is -2.60. The van der Waals surface area contributed by atoms with Gasteiger partial charge in [0.05, 0.1) is 10.5 Å². The Morgan fingerprint density at radius 3 is 2.67 bits per heavy atom. The van der Waals surface area contributed by atoms with Crippen LogP contribution in [0, 0.1) is 10.1 Å². The van der Waals surface area contributed by atoms with Crippen molar-refractivity contribution in [1.29, 1.82) is 0 Å². The van der Waals surface area contributed by atoms with Gasteiger partial charge >= 0.3 is 5.97 Å². The van der Waals surface area contributed by atoms with Crippen LogP contribution in [0.25, 0.3) is 0 Å². The highest BCUT2D eigenvalue weighted by atomic mass is 35.5. The normalized spacial score (nSPS) is 10.1. The van der Waals surface area contributed by atoms with Crippen molar-refractivity contribution in [1.82, 2.24) is 0 Å². The van der Waals surface area contributed by atoms with Gasteiger partial charge in [0, 0.05) is 11.1 Å². The first-order valence-electron chi connectivity index (χ1n) is 5.87. The third-order valence-corrected chi connectivity index (χ3v) is 2.98. The lowest BCUT2D eigenvalue weighted by Crippen LogP contribution is -2.05. The summed E-state index contributed by atoms with van der Waals surface area (Å²) in [6.45, 7) is -0.127. The Morgan fingerprint density at radius 1 is 1.29 bits per heavy atom. The maximum Gasteiger partial charge on any atom is 0.339 e. The number of nitro benzene ring substituents is 1. The van der Waals surface area contributed by atoms with Gasteiger partial charge in [-0.3, -0.25) is 10.1 Å². The van der Waals surface area contributed by atoms with Gasteiger partial charge in [0.15, 0.2) is 0 Å². The molecule has 0 fully saturated rings. The number of carboxylic acid groups (broad SMARTS) is 1. The molecule has 0 amide bonds. The molecule has 0 aliphatic rings. The van der Waals surface area contributed by atoms with Gasteiger partial charge < -0.3 is 9.84 Å². The molecule has 2 aromatic carbocycles. The minimum absolute atomic E-state index is 0.0574. The number of hydrogen-bond donors (Lipinski definition) is 1. The first kappa shape index (κ1) is 14.8. The first-order chi connectivity index (χ1) is 9.99. The molecule has 0 heterocycles. The van der Waals surface area contributed by atoms with Crippen molar-refractivity contribution in [3.8, 4) is 5.75 Å². The fraction of sp³-hybridized carbons (Fsp3) is 0.0714. The standard InChI is InChI=1S/C14H10ClNO5/c15-10-5-6-11(14(17)18)13(7-10)21-8-9-3-1-2-4-12(9)16(19)20/h1-7H,8H2,(H,17,18). The van der Waals surface area contributed by atoms with Crippen LogP contribution < -0.4 is 4.74 Å². The minimum Gasteiger partial charge on any atom is -0.488 e. The highest BCUT2D eigenvalue weighted by molar-refractivity contribution is 6.30. The molecule has 0 aromatic heterocycles. The molecule has 108 valence electrons. The topological polar surface area (TPSA) is 89.7 Å². The van der Waals surface area contributed by atoms with E-state index in [0.29, 0.717) is 10.6 Å². The molecule has 21 heavy (non-hydrogen) atoms. The number of hydrogen-bond acceptors (Lipinski definition) is 4. The van der Waals surface area contributed by atoms with Crippen LogP contribution in [-0.4, -0.2) is 16.0 Å². The van der Waals surface area contributed by atoms with Gasteiger partial charge in [-0.15, -0.1) is 0 Å². The summed E-state index contributed by atoms with van der Waals surface area (Å²) < 4.78 is 5.39. The summed E-state index contributed by atoms with van der Waals surface area (Å²) in [6, 6.07) is 10.2. The molecule has 0 saturated carbocycles. The van der Waals surface area contributed by atoms with Crippen LogP contribution >= 0.6 is 11.6 Å². The van der Waals surface area contributed by atoms with E-state index in [1.54, 1.807) is 18.2 Å². The molecule has 7 heteroatoms. The second-order valence-corrected chi connectivity index (χ2v) is 4.56. The number of benzene rings is 2. The van der Waals surface area contributed by atoms with Gasteiger partial charge in [-0.25, -0.2) is 4.79 Å². The third-order valence-electron chi connectivity index (χ3n) is 2.75. The van der Waals surface area contributed by atoms with Gasteiger partial charge in [-0.2, -0.15) is 0 Å². The molecular weight excluding hydrogens is 298 g/mol. The van der Waals surface area contributed by atoms with E-state index in [2.05, 4.69) is 0 Å². The Bertz CT molecular complexity index is 702. The summed E-state index contributed by atoms with van der Waals surface area (Å²) in [4.78, 5) is 21.5. The van der Waals surface area contributed by atoms with Crippen LogP contribution in [0.2, 0.25) is 5.02 Å². The lowest BCUT2D eigenvalue weighted by Gasteiger charge is -2.09. The minimum atomic E-state index is -1.16. The quantitative estimate of drug-likeness (QED) is 0.674. The Labute approximate surface area is 124 Å². The van der Waals surface area contributed by atoms with E-state index >= 15 is 0 Å². The molecule has 0 spiro atoms. The first-order valence-corrected chi connectivity index (χ1v) is 6.25. The zero-order valence-corrected chi connectivity index (χ0v) is 11.4. The molecule has 1 N–H and O–H groups in total. The lowest BCUT2D eigenvalue weighted by atomic mass is 10.2. The Morgan fingerprint density at radius 2 is 2.00 bits per heavy atom. The van der Waals surface area contributed by atoms with Crippen LogP contribution in [0.5, 0.6) is 5.75 Å². The number of ether oxygens (including phenoxy) is 1. The number of nitrogens with zero attached hydrogens (tertiary/aromatic N) is 1. The summed E-state index contributed by atoms with van der Waals surface area (Å²) in [5, 5.41) is 20.3. The molecule has 0 aliphatic carbocycles. The Kier molecular flexibility index (Phi) is 4.39. The zero-order valence-electron chi connectivity index (χ0n) is 10.7. The molecule has 6 nitrogen and oxygen atoms in total. The van der Waals surface area contributed by atoms with Crippen molar-refractivity contribution < 1.29 is 19.6 Å². The van der Waals surface area contributed by atoms with Crippen molar-refractivity contribution in [2.75, 3.05) is 0 Å². The van der Waals surface area contributed by atoms with Crippen LogP contribution in [0.15, 0.2) is 42.5 Å². The summed E-state index contributed by atoms with van der Waals surface area (Å²) in [5.74, 6) is -1.10. The second-order valence-electron chi connectivity index (χ2n) is 4.12. The Balaban J connectivity index is 2.27. The van der Waals surface area contributed by atoms with E-state index in [4.69, 9.17) is 21.4 Å². The predicted octanol–water partition coefficient (Wildman–Crippen LogP) is 3.53. The smallest absolute Gasteiger partial charge is 0.339 e. The lowest BCUT2D eigenvalue weighted by molar-refractivity contribution is -0.385. The van der Waals surface area contributed by atoms with E-state index in [9.17, 15) is 14.9 Å². The van der Waals surface area contributed by atoms with E-state index < -0.39 is 10.9 Å². The predicted molar refractivity (Wildman–Crippen MR) is 75.8 cm³/mol. The number of carboxylic acids is 1. The number of nitro groups is 1. The van der Waals surface area contributed by atoms with Gasteiger partial charge in [0.25, 0.3) is 5.69 Å². The average Bonchev–Trinajstić information content (AvgIpc) is 2.45. The maximum absolute atomic E-state index is 11.1. The summed E-state index contributed by atoms with van der Waals surface area (Å²) >= 11 is 5.80. The molecule has 2 rings (SSSR count). The molecule has 0 saturated heterocycles. The SMILES string of the molecule is O=C(O)c1ccc(Cl)cc1OCc1ccccc1[N+](=O)[O-]. The highest BCUT2D eigenvalue weighted by Gasteiger charge is 2.16. The fourth-order valence-electron chi connectivity index (χ4n) is 1.76. The zero-order chi connectivity index (χ0) is 15.4. The molecule has 2 aromatic rings. The van der Waals surface area contributed by atoms with E-state index in [0.717, 1.165) is 0 Å². The van der Waals surface area contributed by atoms with Crippen molar-refractivity contribution in [3.63, 3.8) is 0 Å². The second kappa shape index (κ2) is 6.23. The fourth-order valence-corrected chi connectivity index (χ4v) is 1.92. The molecular formula is C14H10ClNO5. The van der Waals surface area contributed by atoms with Crippen LogP contribution in [-0.2, 0) is 6.61 Å². The largest absolute Gasteiger partial charge is 0.488 e. The molecule has 0 aliphatic heterocycles. The van der Waals surface area contributed by atoms with Crippen molar-refractivity contribution in [2.45, 2.75) is 6.61 Å². The van der Waals surface area contributed by atoms with Gasteiger partial charge in [-0.1, -0.05) is 23.7 Å². The average molecular weight is 308 g/mol. The van der Waals surface area contributed by atoms with Crippen molar-refractivity contribution in [2.24, 2.45) is 0 Å².